The molecule has 0 fully saturated rings. The van der Waals surface area contributed by atoms with Gasteiger partial charge in [0.1, 0.15) is 47.8 Å². The first-order valence-corrected chi connectivity index (χ1v) is 24.3. The summed E-state index contributed by atoms with van der Waals surface area (Å²) in [5.74, 6) is -3.82. The zero-order chi connectivity index (χ0) is 51.4. The van der Waals surface area contributed by atoms with E-state index in [1.54, 1.807) is 30.3 Å². The Morgan fingerprint density at radius 1 is 0.623 bits per heavy atom. The SMILES string of the molecule is COc1ccc2cc1-c1cc(ccc1OC)C[C@H](N)C(=O)NC(CCCCN)C(=O)N[C@@H](CCCCN)C(=O)N[C@@H](CC(C)C)C(=O)N[C@H](C(=O)N[C@@H](CC(C)C)C(=O)N[C@@H](CC(C)C)C(N)=O)C2. The van der Waals surface area contributed by atoms with Crippen molar-refractivity contribution in [3.05, 3.63) is 47.5 Å². The lowest BCUT2D eigenvalue weighted by Crippen LogP contribution is -2.60. The summed E-state index contributed by atoms with van der Waals surface area (Å²) in [6.07, 6.45) is 3.07. The van der Waals surface area contributed by atoms with E-state index in [4.69, 9.17) is 32.4 Å². The molecule has 69 heavy (non-hydrogen) atoms. The number of unbranched alkanes of at least 4 members (excludes halogenated alkanes) is 2. The summed E-state index contributed by atoms with van der Waals surface area (Å²) in [6.45, 7) is 12.0. The van der Waals surface area contributed by atoms with Gasteiger partial charge in [-0.1, -0.05) is 53.7 Å². The van der Waals surface area contributed by atoms with Crippen LogP contribution in [0.4, 0.5) is 0 Å². The first kappa shape index (κ1) is 57.5. The molecule has 19 nitrogen and oxygen atoms in total. The largest absolute Gasteiger partial charge is 0.496 e. The number of benzene rings is 2. The first-order valence-electron chi connectivity index (χ1n) is 24.3. The fourth-order valence-electron chi connectivity index (χ4n) is 8.26. The average molecular weight is 965 g/mol. The predicted octanol–water partition coefficient (Wildman–Crippen LogP) is 1.59. The van der Waals surface area contributed by atoms with Crippen LogP contribution in [0, 0.1) is 17.8 Å². The second-order valence-corrected chi connectivity index (χ2v) is 19.3. The normalized spacial score (nSPS) is 20.4. The van der Waals surface area contributed by atoms with E-state index < -0.39 is 83.6 Å². The molecule has 1 heterocycles. The van der Waals surface area contributed by atoms with Crippen molar-refractivity contribution in [1.29, 1.82) is 0 Å². The van der Waals surface area contributed by atoms with Gasteiger partial charge in [-0.25, -0.2) is 0 Å². The summed E-state index contributed by atoms with van der Waals surface area (Å²) >= 11 is 0. The molecule has 384 valence electrons. The molecule has 14 N–H and O–H groups in total. The first-order chi connectivity index (χ1) is 32.7. The maximum Gasteiger partial charge on any atom is 0.243 e. The summed E-state index contributed by atoms with van der Waals surface area (Å²) in [5, 5.41) is 17.0. The lowest BCUT2D eigenvalue weighted by atomic mass is 9.94. The number of hydrogen-bond donors (Lipinski definition) is 10. The second kappa shape index (κ2) is 28.6. The molecule has 0 aromatic heterocycles. The standard InChI is InChI=1S/C50H80N10O9/c1-28(2)21-38(44(54)61)57-48(65)39(22-29(3)4)59-50(67)41-27-32-16-18-43(69-8)34(25-32)33-24-31(15-17-42(33)68-7)26-35(53)45(62)55-36(13-9-11-19-51)46(63)56-37(14-10-12-20-52)47(64)58-40(23-30(5)6)49(66)60-41/h15-18,24-25,28-30,35-41H,9-14,19-23,26-27,51-53H2,1-8H3,(H2,54,61)(H,55,62)(H,56,63)(H,57,65)(H,58,64)(H,59,67)(H,60,66)/t35-,36?,37-,38-,39-,40-,41-/m0/s1. The molecule has 2 aromatic rings. The van der Waals surface area contributed by atoms with Crippen LogP contribution in [0.3, 0.4) is 0 Å². The van der Waals surface area contributed by atoms with Crippen LogP contribution in [0.15, 0.2) is 36.4 Å². The van der Waals surface area contributed by atoms with Crippen LogP contribution in [-0.4, -0.2) is 111 Å². The lowest BCUT2D eigenvalue weighted by molar-refractivity contribution is -0.136. The van der Waals surface area contributed by atoms with Crippen molar-refractivity contribution >= 4 is 41.4 Å². The Morgan fingerprint density at radius 2 is 1.09 bits per heavy atom. The smallest absolute Gasteiger partial charge is 0.243 e. The highest BCUT2D eigenvalue weighted by molar-refractivity contribution is 5.97. The molecule has 4 bridgehead atoms. The number of nitrogens with one attached hydrogen (secondary N) is 6. The van der Waals surface area contributed by atoms with E-state index in [2.05, 4.69) is 31.9 Å². The molecule has 7 amide bonds. The maximum atomic E-state index is 14.7. The van der Waals surface area contributed by atoms with Crippen LogP contribution in [0.25, 0.3) is 11.1 Å². The van der Waals surface area contributed by atoms with Crippen LogP contribution >= 0.6 is 0 Å². The molecule has 0 aliphatic carbocycles. The van der Waals surface area contributed by atoms with E-state index in [9.17, 15) is 33.6 Å². The van der Waals surface area contributed by atoms with Gasteiger partial charge in [0.15, 0.2) is 0 Å². The van der Waals surface area contributed by atoms with Crippen molar-refractivity contribution in [2.24, 2.45) is 40.7 Å². The second-order valence-electron chi connectivity index (χ2n) is 19.3. The van der Waals surface area contributed by atoms with Gasteiger partial charge in [-0.2, -0.15) is 0 Å². The molecule has 1 aliphatic rings. The Hall–Kier alpha value is -5.79. The Kier molecular flexibility index (Phi) is 23.9. The number of hydrogen-bond acceptors (Lipinski definition) is 12. The molecule has 0 saturated heterocycles. The van der Waals surface area contributed by atoms with Crippen molar-refractivity contribution in [2.75, 3.05) is 27.3 Å². The lowest BCUT2D eigenvalue weighted by Gasteiger charge is -2.29. The van der Waals surface area contributed by atoms with Crippen molar-refractivity contribution in [2.45, 2.75) is 154 Å². The monoisotopic (exact) mass is 965 g/mol. The van der Waals surface area contributed by atoms with Gasteiger partial charge < -0.3 is 64.3 Å². The molecular formula is C50H80N10O9. The van der Waals surface area contributed by atoms with Crippen LogP contribution < -0.4 is 64.3 Å². The van der Waals surface area contributed by atoms with E-state index in [0.29, 0.717) is 72.5 Å². The molecular weight excluding hydrogens is 885 g/mol. The van der Waals surface area contributed by atoms with Crippen molar-refractivity contribution in [3.63, 3.8) is 0 Å². The summed E-state index contributed by atoms with van der Waals surface area (Å²) in [6, 6.07) is 2.70. The van der Waals surface area contributed by atoms with Crippen LogP contribution in [0.2, 0.25) is 0 Å². The molecule has 7 atom stereocenters. The molecule has 0 saturated carbocycles. The number of methoxy groups -OCH3 is 2. The van der Waals surface area contributed by atoms with Crippen LogP contribution in [0.5, 0.6) is 11.5 Å². The maximum absolute atomic E-state index is 14.7. The zero-order valence-corrected chi connectivity index (χ0v) is 41.9. The molecule has 1 unspecified atom stereocenters. The highest BCUT2D eigenvalue weighted by Crippen LogP contribution is 2.38. The number of nitrogens with two attached hydrogens (primary N) is 4. The average Bonchev–Trinajstić information content (AvgIpc) is 3.28. The van der Waals surface area contributed by atoms with Crippen LogP contribution in [-0.2, 0) is 46.4 Å². The van der Waals surface area contributed by atoms with E-state index in [1.807, 2.05) is 47.6 Å². The minimum atomic E-state index is -1.32. The van der Waals surface area contributed by atoms with E-state index in [1.165, 1.54) is 14.2 Å². The predicted molar refractivity (Wildman–Crippen MR) is 265 cm³/mol. The van der Waals surface area contributed by atoms with Crippen molar-refractivity contribution < 1.29 is 43.0 Å². The molecule has 1 aliphatic heterocycles. The van der Waals surface area contributed by atoms with Gasteiger partial charge in [0.25, 0.3) is 0 Å². The summed E-state index contributed by atoms with van der Waals surface area (Å²) in [7, 11) is 3.02. The number of carbonyl (C=O) groups excluding carboxylic acids is 7. The highest BCUT2D eigenvalue weighted by atomic mass is 16.5. The molecule has 0 spiro atoms. The molecule has 3 rings (SSSR count). The molecule has 2 aromatic carbocycles. The fraction of sp³-hybridized carbons (Fsp3) is 0.620. The third kappa shape index (κ3) is 18.6. The van der Waals surface area contributed by atoms with E-state index in [0.717, 1.165) is 0 Å². The Bertz CT molecular complexity index is 2050. The Balaban J connectivity index is 2.27. The number of ether oxygens (including phenoxy) is 2. The van der Waals surface area contributed by atoms with Crippen molar-refractivity contribution in [1.82, 2.24) is 31.9 Å². The third-order valence-corrected chi connectivity index (χ3v) is 11.9. The summed E-state index contributed by atoms with van der Waals surface area (Å²) < 4.78 is 11.6. The number of carbonyl (C=O) groups is 7. The zero-order valence-electron chi connectivity index (χ0n) is 41.9. The Morgan fingerprint density at radius 3 is 1.55 bits per heavy atom. The third-order valence-electron chi connectivity index (χ3n) is 11.9. The molecule has 0 radical (unpaired) electrons. The quantitative estimate of drug-likeness (QED) is 0.0798. The van der Waals surface area contributed by atoms with Crippen molar-refractivity contribution in [3.8, 4) is 22.6 Å². The van der Waals surface area contributed by atoms with Gasteiger partial charge in [-0.05, 0) is 130 Å². The van der Waals surface area contributed by atoms with Gasteiger partial charge >= 0.3 is 0 Å². The number of fused-ring (bicyclic) bond motifs is 5. The summed E-state index contributed by atoms with van der Waals surface area (Å²) in [4.78, 5) is 97.8. The molecule has 19 heteroatoms. The highest BCUT2D eigenvalue weighted by Gasteiger charge is 2.35. The minimum Gasteiger partial charge on any atom is -0.496 e. The summed E-state index contributed by atoms with van der Waals surface area (Å²) in [5.41, 5.74) is 26.2. The fourth-order valence-corrected chi connectivity index (χ4v) is 8.26. The van der Waals surface area contributed by atoms with Gasteiger partial charge in [-0.15, -0.1) is 0 Å². The van der Waals surface area contributed by atoms with Gasteiger partial charge in [0.2, 0.25) is 41.4 Å². The van der Waals surface area contributed by atoms with Gasteiger partial charge in [0.05, 0.1) is 20.3 Å². The number of rotatable bonds is 21. The van der Waals surface area contributed by atoms with E-state index in [-0.39, 0.29) is 62.7 Å². The Labute approximate surface area is 407 Å². The van der Waals surface area contributed by atoms with Crippen LogP contribution in [0.1, 0.15) is 110 Å². The number of amides is 7. The van der Waals surface area contributed by atoms with Gasteiger partial charge in [0, 0.05) is 17.5 Å². The minimum absolute atomic E-state index is 0.0255. The van der Waals surface area contributed by atoms with E-state index >= 15 is 0 Å². The van der Waals surface area contributed by atoms with Gasteiger partial charge in [-0.3, -0.25) is 33.6 Å². The number of primary amides is 1. The topological polar surface area (TPSA) is 314 Å².